The molecule has 122 valence electrons. The maximum atomic E-state index is 4.77. The van der Waals surface area contributed by atoms with Crippen molar-refractivity contribution < 1.29 is 0 Å². The molecule has 1 aliphatic rings. The molecule has 1 saturated carbocycles. The van der Waals surface area contributed by atoms with Crippen LogP contribution < -0.4 is 0 Å². The Morgan fingerprint density at radius 2 is 1.50 bits per heavy atom. The van der Waals surface area contributed by atoms with Gasteiger partial charge in [-0.25, -0.2) is 0 Å². The van der Waals surface area contributed by atoms with Gasteiger partial charge in [-0.1, -0.05) is 79.9 Å². The highest BCUT2D eigenvalue weighted by atomic mass is 15.6. The van der Waals surface area contributed by atoms with Crippen LogP contribution in [0.3, 0.4) is 0 Å². The molecular weight excluding hydrogens is 296 g/mol. The van der Waals surface area contributed by atoms with E-state index in [0.717, 1.165) is 18.7 Å². The van der Waals surface area contributed by atoms with E-state index < -0.39 is 0 Å². The molecule has 1 heterocycles. The molecule has 0 spiro atoms. The first-order valence-electron chi connectivity index (χ1n) is 8.75. The van der Waals surface area contributed by atoms with Crippen molar-refractivity contribution in [2.45, 2.75) is 44.1 Å². The summed E-state index contributed by atoms with van der Waals surface area (Å²) >= 11 is 0. The third kappa shape index (κ3) is 2.84. The minimum Gasteiger partial charge on any atom is -0.160 e. The maximum Gasteiger partial charge on any atom is 0.185 e. The molecule has 2 aromatic carbocycles. The standard InChI is InChI=1S/C20H22N4/c1-4-10-17(11-5-1)16-24-22-19(21-23-24)20(14-8-3-9-15-20)18-12-6-2-7-13-18/h1-2,4-7,10-13H,3,8-9,14-16H2. The minimum absolute atomic E-state index is 0.0750. The second kappa shape index (κ2) is 6.56. The lowest BCUT2D eigenvalue weighted by Crippen LogP contribution is -2.32. The second-order valence-corrected chi connectivity index (χ2v) is 6.64. The van der Waals surface area contributed by atoms with E-state index in [1.807, 2.05) is 18.2 Å². The summed E-state index contributed by atoms with van der Waals surface area (Å²) in [6.45, 7) is 0.665. The number of hydrogen-bond acceptors (Lipinski definition) is 3. The van der Waals surface area contributed by atoms with E-state index in [1.54, 1.807) is 4.80 Å². The van der Waals surface area contributed by atoms with Gasteiger partial charge in [0.25, 0.3) is 0 Å². The van der Waals surface area contributed by atoms with E-state index in [1.165, 1.54) is 30.4 Å². The number of benzene rings is 2. The lowest BCUT2D eigenvalue weighted by Gasteiger charge is -2.34. The molecule has 0 unspecified atom stereocenters. The van der Waals surface area contributed by atoms with Gasteiger partial charge in [-0.15, -0.1) is 10.2 Å². The minimum atomic E-state index is -0.0750. The van der Waals surface area contributed by atoms with Gasteiger partial charge in [0.15, 0.2) is 5.82 Å². The highest BCUT2D eigenvalue weighted by Crippen LogP contribution is 2.43. The van der Waals surface area contributed by atoms with Crippen LogP contribution in [0.1, 0.15) is 49.1 Å². The van der Waals surface area contributed by atoms with Crippen LogP contribution in [0.2, 0.25) is 0 Å². The van der Waals surface area contributed by atoms with Crippen LogP contribution in [0.25, 0.3) is 0 Å². The molecule has 0 amide bonds. The second-order valence-electron chi connectivity index (χ2n) is 6.64. The van der Waals surface area contributed by atoms with Gasteiger partial charge in [0.2, 0.25) is 0 Å². The predicted molar refractivity (Wildman–Crippen MR) is 93.7 cm³/mol. The molecule has 1 fully saturated rings. The van der Waals surface area contributed by atoms with E-state index in [2.05, 4.69) is 52.8 Å². The summed E-state index contributed by atoms with van der Waals surface area (Å²) in [5, 5.41) is 13.6. The lowest BCUT2D eigenvalue weighted by molar-refractivity contribution is 0.329. The van der Waals surface area contributed by atoms with Gasteiger partial charge >= 0.3 is 0 Å². The van der Waals surface area contributed by atoms with Crippen molar-refractivity contribution in [3.63, 3.8) is 0 Å². The zero-order valence-electron chi connectivity index (χ0n) is 13.8. The molecule has 0 atom stereocenters. The Balaban J connectivity index is 1.67. The summed E-state index contributed by atoms with van der Waals surface area (Å²) in [4.78, 5) is 1.73. The summed E-state index contributed by atoms with van der Waals surface area (Å²) in [5.74, 6) is 0.879. The Morgan fingerprint density at radius 3 is 2.21 bits per heavy atom. The monoisotopic (exact) mass is 318 g/mol. The molecule has 4 heteroatoms. The lowest BCUT2D eigenvalue weighted by atomic mass is 9.69. The molecule has 0 saturated heterocycles. The SMILES string of the molecule is c1ccc(Cn2nnc(C3(c4ccccc4)CCCCC3)n2)cc1. The average molecular weight is 318 g/mol. The first kappa shape index (κ1) is 15.1. The number of rotatable bonds is 4. The molecule has 0 N–H and O–H groups in total. The zero-order chi connectivity index (χ0) is 16.2. The van der Waals surface area contributed by atoms with Crippen LogP contribution in [0.15, 0.2) is 60.7 Å². The smallest absolute Gasteiger partial charge is 0.160 e. The van der Waals surface area contributed by atoms with E-state index >= 15 is 0 Å². The first-order chi connectivity index (χ1) is 11.9. The number of aromatic nitrogens is 4. The van der Waals surface area contributed by atoms with Crippen LogP contribution in [-0.2, 0) is 12.0 Å². The Labute approximate surface area is 142 Å². The summed E-state index contributed by atoms with van der Waals surface area (Å²) in [7, 11) is 0. The van der Waals surface area contributed by atoms with Gasteiger partial charge in [-0.3, -0.25) is 0 Å². The van der Waals surface area contributed by atoms with E-state index in [4.69, 9.17) is 5.10 Å². The van der Waals surface area contributed by atoms with Gasteiger partial charge in [-0.05, 0) is 29.2 Å². The Hall–Kier alpha value is -2.49. The summed E-state index contributed by atoms with van der Waals surface area (Å²) in [6, 6.07) is 21.0. The van der Waals surface area contributed by atoms with Crippen molar-refractivity contribution >= 4 is 0 Å². The van der Waals surface area contributed by atoms with Crippen LogP contribution in [0, 0.1) is 0 Å². The Bertz CT molecular complexity index is 774. The van der Waals surface area contributed by atoms with Gasteiger partial charge in [0.05, 0.1) is 12.0 Å². The van der Waals surface area contributed by atoms with Crippen molar-refractivity contribution in [1.82, 2.24) is 20.2 Å². The van der Waals surface area contributed by atoms with Crippen LogP contribution in [0.5, 0.6) is 0 Å². The third-order valence-electron chi connectivity index (χ3n) is 5.08. The molecule has 24 heavy (non-hydrogen) atoms. The van der Waals surface area contributed by atoms with Crippen molar-refractivity contribution in [2.75, 3.05) is 0 Å². The van der Waals surface area contributed by atoms with E-state index in [0.29, 0.717) is 6.54 Å². The van der Waals surface area contributed by atoms with Crippen LogP contribution >= 0.6 is 0 Å². The fraction of sp³-hybridized carbons (Fsp3) is 0.350. The normalized spacial score (nSPS) is 16.8. The number of hydrogen-bond donors (Lipinski definition) is 0. The Morgan fingerprint density at radius 1 is 0.833 bits per heavy atom. The number of tetrazole rings is 1. The average Bonchev–Trinajstić information content (AvgIpc) is 3.13. The molecule has 4 nitrogen and oxygen atoms in total. The predicted octanol–water partition coefficient (Wildman–Crippen LogP) is 3.97. The topological polar surface area (TPSA) is 43.6 Å². The summed E-state index contributed by atoms with van der Waals surface area (Å²) in [6.07, 6.45) is 5.96. The van der Waals surface area contributed by atoms with Gasteiger partial charge in [0.1, 0.15) is 0 Å². The van der Waals surface area contributed by atoms with Crippen LogP contribution in [0.4, 0.5) is 0 Å². The molecule has 0 aliphatic heterocycles. The highest BCUT2D eigenvalue weighted by molar-refractivity contribution is 5.32. The quantitative estimate of drug-likeness (QED) is 0.731. The maximum absolute atomic E-state index is 4.77. The zero-order valence-corrected chi connectivity index (χ0v) is 13.8. The Kier molecular flexibility index (Phi) is 4.11. The highest BCUT2D eigenvalue weighted by Gasteiger charge is 2.39. The van der Waals surface area contributed by atoms with Gasteiger partial charge < -0.3 is 0 Å². The largest absolute Gasteiger partial charge is 0.185 e. The van der Waals surface area contributed by atoms with Gasteiger partial charge in [-0.2, -0.15) is 4.80 Å². The molecule has 1 aromatic heterocycles. The molecule has 0 radical (unpaired) electrons. The fourth-order valence-electron chi connectivity index (χ4n) is 3.80. The number of nitrogens with zero attached hydrogens (tertiary/aromatic N) is 4. The van der Waals surface area contributed by atoms with Crippen molar-refractivity contribution in [1.29, 1.82) is 0 Å². The van der Waals surface area contributed by atoms with E-state index in [-0.39, 0.29) is 5.41 Å². The molecule has 3 aromatic rings. The van der Waals surface area contributed by atoms with Crippen LogP contribution in [-0.4, -0.2) is 20.2 Å². The van der Waals surface area contributed by atoms with E-state index in [9.17, 15) is 0 Å². The molecule has 4 rings (SSSR count). The van der Waals surface area contributed by atoms with Crippen molar-refractivity contribution in [3.8, 4) is 0 Å². The first-order valence-corrected chi connectivity index (χ1v) is 8.75. The van der Waals surface area contributed by atoms with Crippen molar-refractivity contribution in [3.05, 3.63) is 77.6 Å². The molecular formula is C20H22N4. The fourth-order valence-corrected chi connectivity index (χ4v) is 3.80. The third-order valence-corrected chi connectivity index (χ3v) is 5.08. The van der Waals surface area contributed by atoms with Crippen molar-refractivity contribution in [2.24, 2.45) is 0 Å². The summed E-state index contributed by atoms with van der Waals surface area (Å²) in [5.41, 5.74) is 2.44. The summed E-state index contributed by atoms with van der Waals surface area (Å²) < 4.78 is 0. The molecule has 1 aliphatic carbocycles. The van der Waals surface area contributed by atoms with Gasteiger partial charge in [0, 0.05) is 0 Å². The molecule has 0 bridgehead atoms.